The van der Waals surface area contributed by atoms with E-state index < -0.39 is 29.0 Å². The highest BCUT2D eigenvalue weighted by Crippen LogP contribution is 2.47. The highest BCUT2D eigenvalue weighted by molar-refractivity contribution is 6.06. The highest BCUT2D eigenvalue weighted by Gasteiger charge is 2.51. The number of nitrogens with zero attached hydrogens (tertiary/aromatic N) is 3. The number of halogens is 2. The minimum absolute atomic E-state index is 0.0928. The molecule has 0 fully saturated rings. The molecule has 3 aliphatic rings. The molecule has 3 aromatic heterocycles. The smallest absolute Gasteiger partial charge is 0.237 e. The van der Waals surface area contributed by atoms with Crippen molar-refractivity contribution in [1.29, 1.82) is 0 Å². The Hall–Kier alpha value is -4.37. The van der Waals surface area contributed by atoms with E-state index in [0.717, 1.165) is 28.5 Å². The Balaban J connectivity index is 1.15. The van der Waals surface area contributed by atoms with E-state index in [9.17, 15) is 18.4 Å². The van der Waals surface area contributed by atoms with Gasteiger partial charge in [-0.2, -0.15) is 0 Å². The number of aromatic nitrogens is 3. The summed E-state index contributed by atoms with van der Waals surface area (Å²) in [6.07, 6.45) is 7.00. The molecular weight excluding hydrogens is 524 g/mol. The number of hydrogen-bond donors (Lipinski definition) is 2. The molecule has 1 spiro atoms. The largest absolute Gasteiger partial charge is 0.323 e. The van der Waals surface area contributed by atoms with Crippen molar-refractivity contribution in [3.8, 4) is 0 Å². The van der Waals surface area contributed by atoms with Gasteiger partial charge in [0.15, 0.2) is 17.4 Å². The number of carbonyl (C=O) groups is 2. The summed E-state index contributed by atoms with van der Waals surface area (Å²) in [6.45, 7) is 0. The number of hydrogen-bond acceptors (Lipinski definition) is 6. The van der Waals surface area contributed by atoms with Crippen LogP contribution in [-0.4, -0.2) is 26.6 Å². The van der Waals surface area contributed by atoms with E-state index in [1.807, 2.05) is 24.3 Å². The molecule has 1 aliphatic heterocycles. The average Bonchev–Trinajstić information content (AvgIpc) is 3.46. The fourth-order valence-electron chi connectivity index (χ4n) is 6.93. The lowest BCUT2D eigenvalue weighted by molar-refractivity contribution is -0.120. The Labute approximate surface area is 235 Å². The third-order valence-electron chi connectivity index (χ3n) is 9.02. The van der Waals surface area contributed by atoms with Crippen molar-refractivity contribution >= 4 is 17.5 Å². The Kier molecular flexibility index (Phi) is 6.01. The van der Waals surface area contributed by atoms with E-state index in [1.54, 1.807) is 30.7 Å². The van der Waals surface area contributed by atoms with Crippen LogP contribution in [0.1, 0.15) is 81.1 Å². The number of pyridine rings is 3. The molecule has 7 rings (SSSR count). The maximum Gasteiger partial charge on any atom is 0.237 e. The minimum Gasteiger partial charge on any atom is -0.323 e. The van der Waals surface area contributed by atoms with Crippen LogP contribution >= 0.6 is 0 Å². The summed E-state index contributed by atoms with van der Waals surface area (Å²) in [5.41, 5.74) is 10.6. The molecule has 1 amide bonds. The van der Waals surface area contributed by atoms with Crippen molar-refractivity contribution in [2.24, 2.45) is 5.73 Å². The molecule has 4 heterocycles. The quantitative estimate of drug-likeness (QED) is 0.271. The van der Waals surface area contributed by atoms with Crippen molar-refractivity contribution < 1.29 is 18.4 Å². The van der Waals surface area contributed by atoms with Crippen LogP contribution in [0.25, 0.3) is 0 Å². The Morgan fingerprint density at radius 2 is 1.80 bits per heavy atom. The van der Waals surface area contributed by atoms with Gasteiger partial charge in [-0.3, -0.25) is 19.6 Å². The SMILES string of the molecule is N[C@H]1c2cccnc2[C@@H](CC(=O)c2cnc3c(c2)C[C@@]2(C3)C(=O)Nc3ncccc32)CC[C@H]1c1cccc(F)c1F. The Morgan fingerprint density at radius 1 is 1.00 bits per heavy atom. The zero-order chi connectivity index (χ0) is 28.3. The van der Waals surface area contributed by atoms with Crippen molar-refractivity contribution in [1.82, 2.24) is 15.0 Å². The molecule has 3 N–H and O–H groups in total. The molecule has 0 radical (unpaired) electrons. The van der Waals surface area contributed by atoms with E-state index in [4.69, 9.17) is 5.73 Å². The standard InChI is InChI=1S/C32H27F2N5O2/c33-24-7-1-4-20(27(24)34)21-9-8-17(29-22(28(21)35)5-2-10-36-29)13-26(40)19-12-18-14-32(15-25(18)38-16-19)23-6-3-11-37-30(23)39-31(32)41/h1-7,10-12,16-17,21,28H,8-9,13-15,35H2,(H,37,39,41)/t17-,21+,28-,32+/m1/s1. The lowest BCUT2D eigenvalue weighted by atomic mass is 9.80. The normalized spacial score (nSPS) is 24.4. The molecule has 206 valence electrons. The third-order valence-corrected chi connectivity index (χ3v) is 9.02. The summed E-state index contributed by atoms with van der Waals surface area (Å²) in [7, 11) is 0. The molecule has 4 atom stereocenters. The molecule has 0 saturated carbocycles. The van der Waals surface area contributed by atoms with Gasteiger partial charge >= 0.3 is 0 Å². The van der Waals surface area contributed by atoms with Crippen LogP contribution in [0.4, 0.5) is 14.6 Å². The van der Waals surface area contributed by atoms with Crippen LogP contribution in [0.3, 0.4) is 0 Å². The van der Waals surface area contributed by atoms with Crippen LogP contribution < -0.4 is 11.1 Å². The summed E-state index contributed by atoms with van der Waals surface area (Å²) in [4.78, 5) is 40.2. The van der Waals surface area contributed by atoms with Gasteiger partial charge in [-0.1, -0.05) is 24.3 Å². The molecule has 4 aromatic rings. The lowest BCUT2D eigenvalue weighted by Gasteiger charge is -2.23. The van der Waals surface area contributed by atoms with Gasteiger partial charge in [0.25, 0.3) is 0 Å². The number of rotatable bonds is 4. The number of fused-ring (bicyclic) bond motifs is 4. The van der Waals surface area contributed by atoms with Gasteiger partial charge in [0.05, 0.1) is 5.41 Å². The van der Waals surface area contributed by atoms with E-state index in [-0.39, 0.29) is 29.6 Å². The number of anilines is 1. The molecular formula is C32H27F2N5O2. The first kappa shape index (κ1) is 25.6. The molecule has 1 aromatic carbocycles. The van der Waals surface area contributed by atoms with Gasteiger partial charge in [0.1, 0.15) is 5.82 Å². The summed E-state index contributed by atoms with van der Waals surface area (Å²) in [5.74, 6) is -2.10. The predicted octanol–water partition coefficient (Wildman–Crippen LogP) is 5.07. The monoisotopic (exact) mass is 551 g/mol. The topological polar surface area (TPSA) is 111 Å². The maximum atomic E-state index is 14.8. The van der Waals surface area contributed by atoms with Gasteiger partial charge in [-0.05, 0) is 60.2 Å². The van der Waals surface area contributed by atoms with Crippen LogP contribution in [0.2, 0.25) is 0 Å². The fourth-order valence-corrected chi connectivity index (χ4v) is 6.93. The van der Waals surface area contributed by atoms with Crippen LogP contribution in [0.15, 0.2) is 67.1 Å². The molecule has 0 bridgehead atoms. The Morgan fingerprint density at radius 3 is 2.68 bits per heavy atom. The van der Waals surface area contributed by atoms with E-state index in [1.165, 1.54) is 6.07 Å². The lowest BCUT2D eigenvalue weighted by Crippen LogP contribution is -2.35. The zero-order valence-electron chi connectivity index (χ0n) is 22.1. The van der Waals surface area contributed by atoms with Crippen molar-refractivity contribution in [2.45, 2.75) is 55.4 Å². The van der Waals surface area contributed by atoms with Crippen molar-refractivity contribution in [2.75, 3.05) is 5.32 Å². The van der Waals surface area contributed by atoms with Gasteiger partial charge in [-0.15, -0.1) is 0 Å². The van der Waals surface area contributed by atoms with Gasteiger partial charge < -0.3 is 11.1 Å². The van der Waals surface area contributed by atoms with Crippen molar-refractivity contribution in [3.63, 3.8) is 0 Å². The second-order valence-corrected chi connectivity index (χ2v) is 11.3. The molecule has 7 nitrogen and oxygen atoms in total. The van der Waals surface area contributed by atoms with Gasteiger partial charge in [0.2, 0.25) is 5.91 Å². The van der Waals surface area contributed by atoms with Crippen molar-refractivity contribution in [3.05, 3.63) is 118 Å². The molecule has 9 heteroatoms. The zero-order valence-corrected chi connectivity index (χ0v) is 22.1. The summed E-state index contributed by atoms with van der Waals surface area (Å²) in [5, 5.41) is 2.89. The summed E-state index contributed by atoms with van der Waals surface area (Å²) < 4.78 is 28.9. The number of ketones is 1. The first-order valence-electron chi connectivity index (χ1n) is 13.8. The van der Waals surface area contributed by atoms with Crippen LogP contribution in [0, 0.1) is 11.6 Å². The van der Waals surface area contributed by atoms with Crippen LogP contribution in [0.5, 0.6) is 0 Å². The molecule has 0 saturated heterocycles. The summed E-state index contributed by atoms with van der Waals surface area (Å²) in [6, 6.07) is 12.8. The van der Waals surface area contributed by atoms with Crippen LogP contribution in [-0.2, 0) is 23.1 Å². The summed E-state index contributed by atoms with van der Waals surface area (Å²) >= 11 is 0. The number of nitrogens with one attached hydrogen (secondary N) is 1. The maximum absolute atomic E-state index is 14.8. The van der Waals surface area contributed by atoms with Gasteiger partial charge in [-0.25, -0.2) is 13.8 Å². The minimum atomic E-state index is -0.905. The van der Waals surface area contributed by atoms with Gasteiger partial charge in [0, 0.05) is 71.8 Å². The number of benzene rings is 1. The molecule has 0 unspecified atom stereocenters. The first-order chi connectivity index (χ1) is 19.9. The highest BCUT2D eigenvalue weighted by atomic mass is 19.2. The predicted molar refractivity (Wildman–Crippen MR) is 147 cm³/mol. The molecule has 2 aliphatic carbocycles. The first-order valence-corrected chi connectivity index (χ1v) is 13.8. The number of carbonyl (C=O) groups excluding carboxylic acids is 2. The third kappa shape index (κ3) is 4.06. The second kappa shape index (κ2) is 9.62. The second-order valence-electron chi connectivity index (χ2n) is 11.3. The molecule has 41 heavy (non-hydrogen) atoms. The Bertz CT molecular complexity index is 1730. The number of Topliss-reactive ketones (excluding diaryl/α,β-unsaturated/α-hetero) is 1. The van der Waals surface area contributed by atoms with E-state index in [0.29, 0.717) is 42.8 Å². The van der Waals surface area contributed by atoms with E-state index >= 15 is 0 Å². The number of amides is 1. The number of nitrogens with two attached hydrogens (primary N) is 1. The average molecular weight is 552 g/mol. The fraction of sp³-hybridized carbons (Fsp3) is 0.281. The van der Waals surface area contributed by atoms with E-state index in [2.05, 4.69) is 20.3 Å².